The van der Waals surface area contributed by atoms with Crippen LogP contribution in [0.3, 0.4) is 0 Å². The van der Waals surface area contributed by atoms with E-state index in [4.69, 9.17) is 0 Å². The summed E-state index contributed by atoms with van der Waals surface area (Å²) in [5.74, 6) is 1.88. The van der Waals surface area contributed by atoms with Crippen LogP contribution in [0.5, 0.6) is 0 Å². The van der Waals surface area contributed by atoms with Gasteiger partial charge in [0.15, 0.2) is 0 Å². The van der Waals surface area contributed by atoms with Crippen molar-refractivity contribution in [3.63, 3.8) is 0 Å². The molecule has 0 aromatic carbocycles. The molecule has 3 heteroatoms. The fraction of sp³-hybridized carbons (Fsp3) is 0.714. The minimum atomic E-state index is 0.376. The Labute approximate surface area is 105 Å². The minimum absolute atomic E-state index is 0.376. The van der Waals surface area contributed by atoms with Crippen LogP contribution >= 0.6 is 0 Å². The normalized spacial score (nSPS) is 14.9. The average molecular weight is 235 g/mol. The van der Waals surface area contributed by atoms with Crippen molar-refractivity contribution in [3.05, 3.63) is 23.8 Å². The molecule has 1 aromatic heterocycles. The van der Waals surface area contributed by atoms with Crippen LogP contribution in [0.25, 0.3) is 0 Å². The highest BCUT2D eigenvalue weighted by Gasteiger charge is 2.24. The van der Waals surface area contributed by atoms with Crippen molar-refractivity contribution in [2.75, 3.05) is 6.54 Å². The standard InChI is InChI=1S/C14H25N3/c1-6-8-15-12(5)13(10(2)3)14-16-9-7-11(4)17-14/h7,9-10,12-13,15H,6,8H2,1-5H3. The predicted molar refractivity (Wildman–Crippen MR) is 72.1 cm³/mol. The van der Waals surface area contributed by atoms with Crippen molar-refractivity contribution in [1.82, 2.24) is 15.3 Å². The molecule has 0 radical (unpaired) electrons. The molecule has 17 heavy (non-hydrogen) atoms. The van der Waals surface area contributed by atoms with Crippen LogP contribution in [0.4, 0.5) is 0 Å². The highest BCUT2D eigenvalue weighted by atomic mass is 15.0. The SMILES string of the molecule is CCCNC(C)C(c1nccc(C)n1)C(C)C. The lowest BCUT2D eigenvalue weighted by Gasteiger charge is -2.27. The third-order valence-corrected chi connectivity index (χ3v) is 3.08. The Hall–Kier alpha value is -0.960. The summed E-state index contributed by atoms with van der Waals surface area (Å²) in [5, 5.41) is 3.55. The Morgan fingerprint density at radius 2 is 2.00 bits per heavy atom. The second kappa shape index (κ2) is 6.70. The molecule has 1 aromatic rings. The first kappa shape index (κ1) is 14.1. The van der Waals surface area contributed by atoms with E-state index in [9.17, 15) is 0 Å². The number of rotatable bonds is 6. The first-order valence-corrected chi connectivity index (χ1v) is 6.59. The van der Waals surface area contributed by atoms with Crippen LogP contribution in [-0.2, 0) is 0 Å². The van der Waals surface area contributed by atoms with E-state index in [1.54, 1.807) is 0 Å². The maximum Gasteiger partial charge on any atom is 0.133 e. The molecular formula is C14H25N3. The van der Waals surface area contributed by atoms with Crippen LogP contribution in [0, 0.1) is 12.8 Å². The minimum Gasteiger partial charge on any atom is -0.314 e. The molecule has 0 spiro atoms. The second-order valence-corrected chi connectivity index (χ2v) is 5.07. The summed E-state index contributed by atoms with van der Waals surface area (Å²) >= 11 is 0. The number of nitrogens with one attached hydrogen (secondary N) is 1. The van der Waals surface area contributed by atoms with E-state index in [1.165, 1.54) is 0 Å². The average Bonchev–Trinajstić information content (AvgIpc) is 2.26. The molecular weight excluding hydrogens is 210 g/mol. The summed E-state index contributed by atoms with van der Waals surface area (Å²) < 4.78 is 0. The van der Waals surface area contributed by atoms with Gasteiger partial charge in [-0.1, -0.05) is 20.8 Å². The zero-order chi connectivity index (χ0) is 12.8. The van der Waals surface area contributed by atoms with E-state index < -0.39 is 0 Å². The maximum absolute atomic E-state index is 4.57. The molecule has 1 N–H and O–H groups in total. The molecule has 0 fully saturated rings. The van der Waals surface area contributed by atoms with Crippen LogP contribution in [0.1, 0.15) is 51.6 Å². The zero-order valence-corrected chi connectivity index (χ0v) is 11.7. The fourth-order valence-electron chi connectivity index (χ4n) is 2.23. The lowest BCUT2D eigenvalue weighted by molar-refractivity contribution is 0.363. The first-order chi connectivity index (χ1) is 8.06. The van der Waals surface area contributed by atoms with Crippen molar-refractivity contribution in [1.29, 1.82) is 0 Å². The van der Waals surface area contributed by atoms with Gasteiger partial charge in [0.2, 0.25) is 0 Å². The van der Waals surface area contributed by atoms with Crippen molar-refractivity contribution in [3.8, 4) is 0 Å². The Bertz CT molecular complexity index is 336. The quantitative estimate of drug-likeness (QED) is 0.824. The summed E-state index contributed by atoms with van der Waals surface area (Å²) in [6.45, 7) is 12.0. The lowest BCUT2D eigenvalue weighted by Crippen LogP contribution is -2.36. The Morgan fingerprint density at radius 3 is 2.53 bits per heavy atom. The highest BCUT2D eigenvalue weighted by Crippen LogP contribution is 2.25. The molecule has 2 atom stereocenters. The first-order valence-electron chi connectivity index (χ1n) is 6.59. The van der Waals surface area contributed by atoms with Gasteiger partial charge in [-0.2, -0.15) is 0 Å². The van der Waals surface area contributed by atoms with E-state index in [1.807, 2.05) is 19.2 Å². The zero-order valence-electron chi connectivity index (χ0n) is 11.7. The van der Waals surface area contributed by atoms with E-state index >= 15 is 0 Å². The number of hydrogen-bond acceptors (Lipinski definition) is 3. The Morgan fingerprint density at radius 1 is 1.29 bits per heavy atom. The van der Waals surface area contributed by atoms with Gasteiger partial charge in [0.1, 0.15) is 5.82 Å². The molecule has 0 aliphatic rings. The topological polar surface area (TPSA) is 37.8 Å². The molecule has 0 aliphatic carbocycles. The van der Waals surface area contributed by atoms with Gasteiger partial charge in [-0.15, -0.1) is 0 Å². The maximum atomic E-state index is 4.57. The molecule has 96 valence electrons. The number of nitrogens with zero attached hydrogens (tertiary/aromatic N) is 2. The molecule has 0 aliphatic heterocycles. The van der Waals surface area contributed by atoms with Crippen LogP contribution in [-0.4, -0.2) is 22.6 Å². The van der Waals surface area contributed by atoms with Crippen molar-refractivity contribution in [2.45, 2.75) is 53.0 Å². The van der Waals surface area contributed by atoms with E-state index in [0.29, 0.717) is 17.9 Å². The van der Waals surface area contributed by atoms with Gasteiger partial charge in [0, 0.05) is 23.9 Å². The molecule has 0 bridgehead atoms. The number of hydrogen-bond donors (Lipinski definition) is 1. The fourth-order valence-corrected chi connectivity index (χ4v) is 2.23. The third-order valence-electron chi connectivity index (χ3n) is 3.08. The van der Waals surface area contributed by atoms with Crippen molar-refractivity contribution >= 4 is 0 Å². The second-order valence-electron chi connectivity index (χ2n) is 5.07. The smallest absolute Gasteiger partial charge is 0.133 e. The predicted octanol–water partition coefficient (Wildman–Crippen LogP) is 2.91. The molecule has 0 saturated carbocycles. The van der Waals surface area contributed by atoms with Gasteiger partial charge in [-0.25, -0.2) is 9.97 Å². The summed E-state index contributed by atoms with van der Waals surface area (Å²) in [6.07, 6.45) is 3.02. The van der Waals surface area contributed by atoms with Gasteiger partial charge in [0.05, 0.1) is 0 Å². The van der Waals surface area contributed by atoms with Gasteiger partial charge in [0.25, 0.3) is 0 Å². The van der Waals surface area contributed by atoms with E-state index in [-0.39, 0.29) is 0 Å². The van der Waals surface area contributed by atoms with Gasteiger partial charge in [-0.3, -0.25) is 0 Å². The van der Waals surface area contributed by atoms with Crippen molar-refractivity contribution < 1.29 is 0 Å². The van der Waals surface area contributed by atoms with E-state index in [0.717, 1.165) is 24.5 Å². The summed E-state index contributed by atoms with van der Waals surface area (Å²) in [6, 6.07) is 2.36. The summed E-state index contributed by atoms with van der Waals surface area (Å²) in [5.41, 5.74) is 1.04. The van der Waals surface area contributed by atoms with E-state index in [2.05, 4.69) is 43.0 Å². The largest absolute Gasteiger partial charge is 0.314 e. The van der Waals surface area contributed by atoms with Gasteiger partial charge < -0.3 is 5.32 Å². The molecule has 0 amide bonds. The van der Waals surface area contributed by atoms with Gasteiger partial charge in [-0.05, 0) is 38.8 Å². The number of aromatic nitrogens is 2. The van der Waals surface area contributed by atoms with Gasteiger partial charge >= 0.3 is 0 Å². The Kier molecular flexibility index (Phi) is 5.56. The third kappa shape index (κ3) is 4.08. The Balaban J connectivity index is 2.85. The molecule has 0 saturated heterocycles. The van der Waals surface area contributed by atoms with Crippen LogP contribution in [0.2, 0.25) is 0 Å². The van der Waals surface area contributed by atoms with Crippen LogP contribution < -0.4 is 5.32 Å². The molecule has 1 heterocycles. The number of aryl methyl sites for hydroxylation is 1. The highest BCUT2D eigenvalue weighted by molar-refractivity contribution is 5.07. The molecule has 3 nitrogen and oxygen atoms in total. The van der Waals surface area contributed by atoms with Crippen molar-refractivity contribution in [2.24, 2.45) is 5.92 Å². The monoisotopic (exact) mass is 235 g/mol. The lowest BCUT2D eigenvalue weighted by atomic mass is 9.88. The molecule has 2 unspecified atom stereocenters. The molecule has 1 rings (SSSR count). The summed E-state index contributed by atoms with van der Waals surface area (Å²) in [4.78, 5) is 9.01. The summed E-state index contributed by atoms with van der Waals surface area (Å²) in [7, 11) is 0. The van der Waals surface area contributed by atoms with Crippen LogP contribution in [0.15, 0.2) is 12.3 Å².